The number of carbonyl (C=O) groups is 1. The molecule has 17 heavy (non-hydrogen) atoms. The van der Waals surface area contributed by atoms with Crippen LogP contribution in [-0.2, 0) is 4.79 Å². The number of fused-ring (bicyclic) bond motifs is 1. The number of hydrogen-bond donors (Lipinski definition) is 2. The minimum absolute atomic E-state index is 0.0827. The van der Waals surface area contributed by atoms with Crippen molar-refractivity contribution in [3.8, 4) is 11.5 Å². The van der Waals surface area contributed by atoms with Gasteiger partial charge in [-0.1, -0.05) is 17.7 Å². The number of aliphatic hydroxyl groups is 1. The third kappa shape index (κ3) is 2.30. The van der Waals surface area contributed by atoms with E-state index in [1.54, 1.807) is 6.07 Å². The zero-order chi connectivity index (χ0) is 12.4. The second kappa shape index (κ2) is 4.81. The number of rotatable bonds is 2. The second-order valence-corrected chi connectivity index (χ2v) is 3.97. The summed E-state index contributed by atoms with van der Waals surface area (Å²) >= 11 is 6.01. The van der Waals surface area contributed by atoms with Crippen LogP contribution in [0.1, 0.15) is 18.1 Å². The number of carboxylic acids is 1. The fourth-order valence-corrected chi connectivity index (χ4v) is 1.88. The molecule has 1 aliphatic heterocycles. The molecule has 0 radical (unpaired) electrons. The van der Waals surface area contributed by atoms with E-state index in [2.05, 4.69) is 0 Å². The van der Waals surface area contributed by atoms with Gasteiger partial charge in [0.25, 0.3) is 0 Å². The number of hydrogen-bond acceptors (Lipinski definition) is 4. The fraction of sp³-hybridized carbons (Fsp3) is 0.364. The molecule has 2 N–H and O–H groups in total. The molecule has 5 nitrogen and oxygen atoms in total. The van der Waals surface area contributed by atoms with E-state index < -0.39 is 12.1 Å². The van der Waals surface area contributed by atoms with E-state index in [4.69, 9.17) is 26.2 Å². The Hall–Kier alpha value is -1.46. The van der Waals surface area contributed by atoms with Gasteiger partial charge in [-0.2, -0.15) is 0 Å². The van der Waals surface area contributed by atoms with Gasteiger partial charge in [-0.05, 0) is 6.07 Å². The summed E-state index contributed by atoms with van der Waals surface area (Å²) in [5, 5.41) is 18.3. The third-order valence-electron chi connectivity index (χ3n) is 2.41. The van der Waals surface area contributed by atoms with Crippen LogP contribution in [0.25, 0.3) is 0 Å². The number of aliphatic carboxylic acids is 1. The van der Waals surface area contributed by atoms with E-state index in [9.17, 15) is 9.90 Å². The predicted octanol–water partition coefficient (Wildman–Crippen LogP) is 1.62. The van der Waals surface area contributed by atoms with Gasteiger partial charge in [-0.15, -0.1) is 0 Å². The summed E-state index contributed by atoms with van der Waals surface area (Å²) in [6.07, 6.45) is -0.943. The molecule has 92 valence electrons. The van der Waals surface area contributed by atoms with Gasteiger partial charge in [0.1, 0.15) is 0 Å². The van der Waals surface area contributed by atoms with E-state index in [1.165, 1.54) is 6.07 Å². The summed E-state index contributed by atoms with van der Waals surface area (Å²) in [5.41, 5.74) is 0.100. The molecule has 0 spiro atoms. The van der Waals surface area contributed by atoms with Crippen LogP contribution >= 0.6 is 11.6 Å². The average molecular weight is 259 g/mol. The number of benzene rings is 1. The van der Waals surface area contributed by atoms with Crippen LogP contribution < -0.4 is 9.47 Å². The molecule has 0 saturated heterocycles. The molecule has 1 atom stereocenters. The van der Waals surface area contributed by atoms with Gasteiger partial charge >= 0.3 is 5.97 Å². The number of ether oxygens (including phenoxy) is 2. The number of halogens is 1. The molecule has 1 aromatic carbocycles. The highest BCUT2D eigenvalue weighted by atomic mass is 35.5. The molecule has 2 rings (SSSR count). The van der Waals surface area contributed by atoms with Crippen LogP contribution in [0.3, 0.4) is 0 Å². The lowest BCUT2D eigenvalue weighted by atomic mass is 10.1. The Bertz CT molecular complexity index is 446. The Morgan fingerprint density at radius 3 is 2.76 bits per heavy atom. The lowest BCUT2D eigenvalue weighted by Crippen LogP contribution is -2.11. The fourth-order valence-electron chi connectivity index (χ4n) is 1.56. The molecule has 0 bridgehead atoms. The summed E-state index contributed by atoms with van der Waals surface area (Å²) in [5.74, 6) is -0.600. The van der Waals surface area contributed by atoms with Gasteiger partial charge < -0.3 is 19.7 Å². The molecule has 0 fully saturated rings. The topological polar surface area (TPSA) is 76.0 Å². The van der Waals surface area contributed by atoms with Crippen LogP contribution in [0.4, 0.5) is 0 Å². The maximum absolute atomic E-state index is 10.7. The van der Waals surface area contributed by atoms with Gasteiger partial charge in [-0.25, -0.2) is 4.79 Å². The Morgan fingerprint density at radius 2 is 2.06 bits per heavy atom. The first-order valence-corrected chi connectivity index (χ1v) is 5.48. The average Bonchev–Trinajstić information content (AvgIpc) is 2.54. The lowest BCUT2D eigenvalue weighted by Gasteiger charge is -2.14. The minimum Gasteiger partial charge on any atom is -0.490 e. The van der Waals surface area contributed by atoms with Crippen molar-refractivity contribution in [3.63, 3.8) is 0 Å². The van der Waals surface area contributed by atoms with Crippen LogP contribution in [0.15, 0.2) is 12.1 Å². The largest absolute Gasteiger partial charge is 0.490 e. The molecule has 0 amide bonds. The van der Waals surface area contributed by atoms with Gasteiger partial charge in [-0.3, -0.25) is 0 Å². The first-order valence-electron chi connectivity index (χ1n) is 5.10. The molecule has 1 unspecified atom stereocenters. The molecule has 1 aliphatic rings. The maximum Gasteiger partial charge on any atom is 0.337 e. The molecule has 0 aliphatic carbocycles. The molecule has 6 heteroatoms. The van der Waals surface area contributed by atoms with Crippen molar-refractivity contribution >= 4 is 17.6 Å². The maximum atomic E-state index is 10.7. The number of carboxylic acid groups (broad SMARTS) is 1. The van der Waals surface area contributed by atoms with Crippen LogP contribution in [0.2, 0.25) is 5.02 Å². The Balaban J connectivity index is 2.44. The zero-order valence-electron chi connectivity index (χ0n) is 8.85. The van der Waals surface area contributed by atoms with E-state index in [-0.39, 0.29) is 10.6 Å². The van der Waals surface area contributed by atoms with Crippen molar-refractivity contribution in [2.75, 3.05) is 13.2 Å². The quantitative estimate of drug-likeness (QED) is 0.843. The first kappa shape index (κ1) is 12.0. The molecule has 0 saturated carbocycles. The van der Waals surface area contributed by atoms with E-state index in [0.717, 1.165) is 6.42 Å². The SMILES string of the molecule is O=C(O)C(O)c1ccc2c(c1Cl)OCCCO2. The Morgan fingerprint density at radius 1 is 1.35 bits per heavy atom. The van der Waals surface area contributed by atoms with Gasteiger partial charge in [0.15, 0.2) is 17.6 Å². The summed E-state index contributed by atoms with van der Waals surface area (Å²) < 4.78 is 10.8. The summed E-state index contributed by atoms with van der Waals surface area (Å²) in [7, 11) is 0. The highest BCUT2D eigenvalue weighted by Gasteiger charge is 2.24. The van der Waals surface area contributed by atoms with Crippen molar-refractivity contribution in [2.45, 2.75) is 12.5 Å². The summed E-state index contributed by atoms with van der Waals surface area (Å²) in [6, 6.07) is 2.97. The normalized spacial score (nSPS) is 16.1. The molecule has 1 aromatic rings. The standard InChI is InChI=1S/C11H11ClO5/c12-8-6(9(13)11(14)15)2-3-7-10(8)17-5-1-4-16-7/h2-3,9,13H,1,4-5H2,(H,14,15). The molecular weight excluding hydrogens is 248 g/mol. The highest BCUT2D eigenvalue weighted by Crippen LogP contribution is 2.41. The smallest absolute Gasteiger partial charge is 0.337 e. The van der Waals surface area contributed by atoms with E-state index in [1.807, 2.05) is 0 Å². The van der Waals surface area contributed by atoms with Crippen molar-refractivity contribution in [1.82, 2.24) is 0 Å². The molecular formula is C11H11ClO5. The highest BCUT2D eigenvalue weighted by molar-refractivity contribution is 6.33. The minimum atomic E-state index is -1.67. The van der Waals surface area contributed by atoms with Crippen LogP contribution in [-0.4, -0.2) is 29.4 Å². The lowest BCUT2D eigenvalue weighted by molar-refractivity contribution is -0.146. The Labute approximate surface area is 103 Å². The molecule has 1 heterocycles. The van der Waals surface area contributed by atoms with Crippen molar-refractivity contribution in [1.29, 1.82) is 0 Å². The second-order valence-electron chi connectivity index (χ2n) is 3.59. The summed E-state index contributed by atoms with van der Waals surface area (Å²) in [4.78, 5) is 10.7. The number of aliphatic hydroxyl groups excluding tert-OH is 1. The van der Waals surface area contributed by atoms with Gasteiger partial charge in [0.2, 0.25) is 0 Å². The molecule has 0 aromatic heterocycles. The van der Waals surface area contributed by atoms with Crippen LogP contribution in [0.5, 0.6) is 11.5 Å². The summed E-state index contributed by atoms with van der Waals surface area (Å²) in [6.45, 7) is 0.962. The van der Waals surface area contributed by atoms with Crippen molar-refractivity contribution < 1.29 is 24.5 Å². The first-order chi connectivity index (χ1) is 8.11. The zero-order valence-corrected chi connectivity index (χ0v) is 9.61. The van der Waals surface area contributed by atoms with Crippen LogP contribution in [0, 0.1) is 0 Å². The third-order valence-corrected chi connectivity index (χ3v) is 2.80. The van der Waals surface area contributed by atoms with Crippen molar-refractivity contribution in [3.05, 3.63) is 22.7 Å². The van der Waals surface area contributed by atoms with E-state index >= 15 is 0 Å². The predicted molar refractivity (Wildman–Crippen MR) is 59.7 cm³/mol. The van der Waals surface area contributed by atoms with E-state index in [0.29, 0.717) is 24.7 Å². The van der Waals surface area contributed by atoms with Gasteiger partial charge in [0, 0.05) is 12.0 Å². The monoisotopic (exact) mass is 258 g/mol. The van der Waals surface area contributed by atoms with Crippen molar-refractivity contribution in [2.24, 2.45) is 0 Å². The Kier molecular flexibility index (Phi) is 3.40. The van der Waals surface area contributed by atoms with Gasteiger partial charge in [0.05, 0.1) is 18.2 Å².